The van der Waals surface area contributed by atoms with Crippen molar-refractivity contribution in [3.63, 3.8) is 0 Å². The van der Waals surface area contributed by atoms with Gasteiger partial charge < -0.3 is 4.57 Å². The minimum atomic E-state index is 0.804. The maximum atomic E-state index is 5.68. The summed E-state index contributed by atoms with van der Waals surface area (Å²) in [6.07, 6.45) is 1.84. The van der Waals surface area contributed by atoms with E-state index in [1.807, 2.05) is 18.3 Å². The lowest BCUT2D eigenvalue weighted by atomic mass is 10.1. The summed E-state index contributed by atoms with van der Waals surface area (Å²) in [5.41, 5.74) is 10.3. The first kappa shape index (κ1) is 30.3. The van der Waals surface area contributed by atoms with E-state index in [0.717, 1.165) is 71.0 Å². The molecular weight excluding hydrogens is 691 g/mol. The first-order valence-corrected chi connectivity index (χ1v) is 19.3. The first-order chi connectivity index (χ1) is 27.3. The Morgan fingerprint density at radius 1 is 0.436 bits per heavy atom. The normalized spacial score (nSPS) is 12.0. The summed E-state index contributed by atoms with van der Waals surface area (Å²) < 4.78 is 5.85. The fourth-order valence-corrected chi connectivity index (χ4v) is 9.46. The SMILES string of the molecule is c1ccc(-n2c3ccccc3c3ccc(-c4nc5sc6ccc(-c7ccccn7)cc6c5nc4-n4c5ccccc5c5cc6ccccc6cc54)cc32)cc1. The molecule has 5 aromatic heterocycles. The maximum absolute atomic E-state index is 5.68. The van der Waals surface area contributed by atoms with Crippen molar-refractivity contribution in [1.82, 2.24) is 24.1 Å². The predicted octanol–water partition coefficient (Wildman–Crippen LogP) is 12.9. The van der Waals surface area contributed by atoms with Gasteiger partial charge >= 0.3 is 0 Å². The molecule has 0 N–H and O–H groups in total. The number of hydrogen-bond donors (Lipinski definition) is 0. The molecule has 12 rings (SSSR count). The van der Waals surface area contributed by atoms with E-state index in [2.05, 4.69) is 172 Å². The minimum absolute atomic E-state index is 0.804. The number of thiophene rings is 1. The fraction of sp³-hybridized carbons (Fsp3) is 0. The highest BCUT2D eigenvalue weighted by molar-refractivity contribution is 7.25. The Morgan fingerprint density at radius 2 is 1.11 bits per heavy atom. The Morgan fingerprint density at radius 3 is 1.93 bits per heavy atom. The van der Waals surface area contributed by atoms with Crippen LogP contribution in [-0.4, -0.2) is 24.1 Å². The van der Waals surface area contributed by atoms with Gasteiger partial charge in [0.05, 0.1) is 27.8 Å². The molecule has 0 unspecified atom stereocenters. The van der Waals surface area contributed by atoms with Gasteiger partial charge in [0.25, 0.3) is 0 Å². The van der Waals surface area contributed by atoms with Crippen LogP contribution >= 0.6 is 11.3 Å². The second kappa shape index (κ2) is 11.7. The number of para-hydroxylation sites is 3. The maximum Gasteiger partial charge on any atom is 0.165 e. The van der Waals surface area contributed by atoms with E-state index in [1.165, 1.54) is 37.8 Å². The standard InChI is InChI=1S/C49H29N5S/c1-2-14-34(15-3-1)53-41-19-8-6-16-35(41)37-23-21-33(29-43(37)53)46-48(51-47-39-27-32(40-18-10-11-25-50-40)22-24-45(39)55-49(47)52-46)54-42-20-9-7-17-36(42)38-26-30-12-4-5-13-31(30)28-44(38)54/h1-29H. The molecule has 55 heavy (non-hydrogen) atoms. The third-order valence-electron chi connectivity index (χ3n) is 11.0. The molecule has 12 aromatic rings. The van der Waals surface area contributed by atoms with E-state index in [4.69, 9.17) is 9.97 Å². The van der Waals surface area contributed by atoms with E-state index in [0.29, 0.717) is 0 Å². The summed E-state index contributed by atoms with van der Waals surface area (Å²) in [5, 5.41) is 8.27. The van der Waals surface area contributed by atoms with Crippen molar-refractivity contribution in [3.05, 3.63) is 176 Å². The Bertz CT molecular complexity index is 3490. The molecule has 256 valence electrons. The Kier molecular flexibility index (Phi) is 6.44. The molecule has 0 aliphatic carbocycles. The number of nitrogens with zero attached hydrogens (tertiary/aromatic N) is 5. The van der Waals surface area contributed by atoms with Gasteiger partial charge in [0.2, 0.25) is 0 Å². The fourth-order valence-electron chi connectivity index (χ4n) is 8.46. The van der Waals surface area contributed by atoms with Crippen LogP contribution in [0.25, 0.3) is 109 Å². The highest BCUT2D eigenvalue weighted by Gasteiger charge is 2.23. The summed E-state index contributed by atoms with van der Waals surface area (Å²) in [6.45, 7) is 0. The van der Waals surface area contributed by atoms with Crippen LogP contribution in [0.5, 0.6) is 0 Å². The average Bonchev–Trinajstić information content (AvgIpc) is 3.89. The van der Waals surface area contributed by atoms with Gasteiger partial charge in [-0.3, -0.25) is 9.55 Å². The molecule has 5 heterocycles. The summed E-state index contributed by atoms with van der Waals surface area (Å²) in [7, 11) is 0. The van der Waals surface area contributed by atoms with E-state index >= 15 is 0 Å². The van der Waals surface area contributed by atoms with Crippen molar-refractivity contribution in [2.45, 2.75) is 0 Å². The average molecular weight is 720 g/mol. The molecule has 0 radical (unpaired) electrons. The molecule has 0 bridgehead atoms. The molecule has 5 nitrogen and oxygen atoms in total. The second-order valence-electron chi connectivity index (χ2n) is 14.1. The van der Waals surface area contributed by atoms with Crippen molar-refractivity contribution < 1.29 is 0 Å². The smallest absolute Gasteiger partial charge is 0.165 e. The van der Waals surface area contributed by atoms with Crippen LogP contribution in [0, 0.1) is 0 Å². The van der Waals surface area contributed by atoms with Gasteiger partial charge in [-0.15, -0.1) is 11.3 Å². The van der Waals surface area contributed by atoms with Gasteiger partial charge in [0.15, 0.2) is 5.82 Å². The molecule has 0 spiro atoms. The molecule has 0 aliphatic rings. The Labute approximate surface area is 319 Å². The molecule has 6 heteroatoms. The number of rotatable bonds is 4. The molecule has 0 fully saturated rings. The third-order valence-corrected chi connectivity index (χ3v) is 12.0. The lowest BCUT2D eigenvalue weighted by Gasteiger charge is -2.14. The van der Waals surface area contributed by atoms with Gasteiger partial charge in [-0.25, -0.2) is 9.97 Å². The highest BCUT2D eigenvalue weighted by atomic mass is 32.1. The van der Waals surface area contributed by atoms with Crippen molar-refractivity contribution in [2.75, 3.05) is 0 Å². The second-order valence-corrected chi connectivity index (χ2v) is 15.1. The largest absolute Gasteiger partial charge is 0.309 e. The quantitative estimate of drug-likeness (QED) is 0.182. The van der Waals surface area contributed by atoms with E-state index in [1.54, 1.807) is 11.3 Å². The van der Waals surface area contributed by atoms with Gasteiger partial charge in [0, 0.05) is 54.6 Å². The van der Waals surface area contributed by atoms with Crippen LogP contribution in [0.15, 0.2) is 176 Å². The lowest BCUT2D eigenvalue weighted by Crippen LogP contribution is -2.03. The van der Waals surface area contributed by atoms with Gasteiger partial charge in [-0.2, -0.15) is 0 Å². The number of aromatic nitrogens is 5. The van der Waals surface area contributed by atoms with Gasteiger partial charge in [-0.05, 0) is 77.5 Å². The Hall–Kier alpha value is -7.15. The summed E-state index contributed by atoms with van der Waals surface area (Å²) in [5.74, 6) is 0.804. The van der Waals surface area contributed by atoms with Crippen LogP contribution in [0.3, 0.4) is 0 Å². The molecule has 0 atom stereocenters. The Balaban J connectivity index is 1.20. The molecule has 7 aromatic carbocycles. The zero-order chi connectivity index (χ0) is 36.0. The molecule has 0 saturated heterocycles. The molecular formula is C49H29N5S. The van der Waals surface area contributed by atoms with Gasteiger partial charge in [-0.1, -0.05) is 103 Å². The number of hydrogen-bond acceptors (Lipinski definition) is 4. The number of fused-ring (bicyclic) bond motifs is 10. The van der Waals surface area contributed by atoms with Crippen molar-refractivity contribution in [3.8, 4) is 34.0 Å². The zero-order valence-corrected chi connectivity index (χ0v) is 30.2. The number of pyridine rings is 1. The first-order valence-electron chi connectivity index (χ1n) is 18.4. The predicted molar refractivity (Wildman–Crippen MR) is 230 cm³/mol. The van der Waals surface area contributed by atoms with Crippen LogP contribution in [0.4, 0.5) is 0 Å². The van der Waals surface area contributed by atoms with E-state index < -0.39 is 0 Å². The molecule has 0 amide bonds. The van der Waals surface area contributed by atoms with Crippen LogP contribution in [0.2, 0.25) is 0 Å². The zero-order valence-electron chi connectivity index (χ0n) is 29.4. The third kappa shape index (κ3) is 4.55. The van der Waals surface area contributed by atoms with Crippen molar-refractivity contribution in [2.24, 2.45) is 0 Å². The van der Waals surface area contributed by atoms with E-state index in [-0.39, 0.29) is 0 Å². The van der Waals surface area contributed by atoms with E-state index in [9.17, 15) is 0 Å². The summed E-state index contributed by atoms with van der Waals surface area (Å²) in [4.78, 5) is 16.8. The van der Waals surface area contributed by atoms with Crippen LogP contribution in [0.1, 0.15) is 0 Å². The number of benzene rings is 7. The topological polar surface area (TPSA) is 48.5 Å². The monoisotopic (exact) mass is 719 g/mol. The lowest BCUT2D eigenvalue weighted by molar-refractivity contribution is 1.08. The summed E-state index contributed by atoms with van der Waals surface area (Å²) in [6, 6.07) is 60.5. The van der Waals surface area contributed by atoms with Crippen molar-refractivity contribution in [1.29, 1.82) is 0 Å². The van der Waals surface area contributed by atoms with Gasteiger partial charge in [0.1, 0.15) is 16.0 Å². The summed E-state index contributed by atoms with van der Waals surface area (Å²) >= 11 is 1.69. The molecule has 0 aliphatic heterocycles. The highest BCUT2D eigenvalue weighted by Crippen LogP contribution is 2.42. The minimum Gasteiger partial charge on any atom is -0.309 e. The van der Waals surface area contributed by atoms with Crippen molar-refractivity contribution >= 4 is 86.2 Å². The molecule has 0 saturated carbocycles. The van der Waals surface area contributed by atoms with Crippen LogP contribution in [-0.2, 0) is 0 Å². The van der Waals surface area contributed by atoms with Crippen LogP contribution < -0.4 is 0 Å².